The monoisotopic (exact) mass is 618 g/mol. The molecule has 0 bridgehead atoms. The summed E-state index contributed by atoms with van der Waals surface area (Å²) in [4.78, 5) is 14.8. The number of benzene rings is 5. The Morgan fingerprint density at radius 1 is 0.688 bits per heavy atom. The Morgan fingerprint density at radius 2 is 1.44 bits per heavy atom. The van der Waals surface area contributed by atoms with Crippen LogP contribution in [0.2, 0.25) is 0 Å². The van der Waals surface area contributed by atoms with Crippen molar-refractivity contribution in [3.63, 3.8) is 0 Å². The van der Waals surface area contributed by atoms with Crippen molar-refractivity contribution in [2.45, 2.75) is 26.3 Å². The standard InChI is InChI=1S/C44H34N4/c1-29-27-39(47(32-14-5-3-6-15-32)41-19-11-12-26-45-41)36-23-21-35-30(2)28-40(37-24-22-34(29)43(36)44(35)37)48(33-16-7-4-8-17-33)42-25-20-31-13-9-10-18-38(31)46-42/h3-20,22-28,39H,21H2,1-2H3. The summed E-state index contributed by atoms with van der Waals surface area (Å²) in [7, 11) is 0. The average molecular weight is 619 g/mol. The lowest BCUT2D eigenvalue weighted by Gasteiger charge is -2.39. The molecule has 2 aromatic heterocycles. The number of nitrogens with zero attached hydrogens (tertiary/aromatic N) is 4. The number of hydrogen-bond donors (Lipinski definition) is 0. The Hall–Kier alpha value is -6.00. The maximum atomic E-state index is 5.21. The van der Waals surface area contributed by atoms with Crippen LogP contribution in [0.1, 0.15) is 29.2 Å². The van der Waals surface area contributed by atoms with E-state index in [0.29, 0.717) is 0 Å². The number of fused-ring (bicyclic) bond motifs is 1. The molecule has 2 heterocycles. The van der Waals surface area contributed by atoms with Gasteiger partial charge in [-0.05, 0) is 120 Å². The van der Waals surface area contributed by atoms with Crippen molar-refractivity contribution in [3.8, 4) is 0 Å². The summed E-state index contributed by atoms with van der Waals surface area (Å²) in [6, 6.07) is 47.1. The number of anilines is 5. The molecule has 4 nitrogen and oxygen atoms in total. The largest absolute Gasteiger partial charge is 0.315 e. The van der Waals surface area contributed by atoms with Crippen molar-refractivity contribution in [2.24, 2.45) is 0 Å². The minimum atomic E-state index is -0.00936. The van der Waals surface area contributed by atoms with E-state index in [2.05, 4.69) is 163 Å². The van der Waals surface area contributed by atoms with Gasteiger partial charge < -0.3 is 4.90 Å². The second-order valence-corrected chi connectivity index (χ2v) is 12.7. The highest BCUT2D eigenvalue weighted by Crippen LogP contribution is 2.50. The van der Waals surface area contributed by atoms with Crippen molar-refractivity contribution in [2.75, 3.05) is 9.80 Å². The SMILES string of the molecule is CC1=CC(N(c2ccccc2)c2ccccn2)C2=CCc3c(C)cc(N(c4ccccc4)c4ccc5ccccc5n4)c4ccc1c2c34. The number of pyridine rings is 2. The fraction of sp³-hybridized carbons (Fsp3) is 0.0909. The molecular formula is C44H34N4. The molecule has 0 amide bonds. The third kappa shape index (κ3) is 4.52. The summed E-state index contributed by atoms with van der Waals surface area (Å²) >= 11 is 0. The molecular weight excluding hydrogens is 585 g/mol. The number of aryl methyl sites for hydroxylation is 1. The van der Waals surface area contributed by atoms with Crippen LogP contribution in [0.5, 0.6) is 0 Å². The topological polar surface area (TPSA) is 32.3 Å². The van der Waals surface area contributed by atoms with Gasteiger partial charge in [-0.1, -0.05) is 84.9 Å². The number of para-hydroxylation sites is 3. The van der Waals surface area contributed by atoms with Gasteiger partial charge in [0.15, 0.2) is 0 Å². The van der Waals surface area contributed by atoms with Crippen LogP contribution < -0.4 is 9.80 Å². The van der Waals surface area contributed by atoms with E-state index in [1.807, 2.05) is 12.3 Å². The minimum absolute atomic E-state index is 0.00936. The first-order chi connectivity index (χ1) is 23.7. The Balaban J connectivity index is 1.28. The van der Waals surface area contributed by atoms with Gasteiger partial charge in [0.25, 0.3) is 0 Å². The van der Waals surface area contributed by atoms with Gasteiger partial charge in [0.1, 0.15) is 11.6 Å². The van der Waals surface area contributed by atoms with Crippen LogP contribution in [0.4, 0.5) is 28.7 Å². The smallest absolute Gasteiger partial charge is 0.138 e. The van der Waals surface area contributed by atoms with Gasteiger partial charge in [0.05, 0.1) is 17.2 Å². The summed E-state index contributed by atoms with van der Waals surface area (Å²) in [5.41, 5.74) is 12.2. The van der Waals surface area contributed by atoms with Crippen molar-refractivity contribution < 1.29 is 0 Å². The Bertz CT molecular complexity index is 2360. The normalized spacial score (nSPS) is 14.8. The fourth-order valence-corrected chi connectivity index (χ4v) is 7.66. The first-order valence-corrected chi connectivity index (χ1v) is 16.6. The van der Waals surface area contributed by atoms with Gasteiger partial charge >= 0.3 is 0 Å². The third-order valence-corrected chi connectivity index (χ3v) is 9.86. The summed E-state index contributed by atoms with van der Waals surface area (Å²) in [5.74, 6) is 1.83. The summed E-state index contributed by atoms with van der Waals surface area (Å²) in [6.07, 6.45) is 7.64. The molecule has 0 spiro atoms. The first-order valence-electron chi connectivity index (χ1n) is 16.6. The molecule has 9 rings (SSSR count). The highest BCUT2D eigenvalue weighted by atomic mass is 15.2. The van der Waals surface area contributed by atoms with Crippen LogP contribution >= 0.6 is 0 Å². The maximum absolute atomic E-state index is 5.21. The highest BCUT2D eigenvalue weighted by molar-refractivity contribution is 6.11. The third-order valence-electron chi connectivity index (χ3n) is 9.86. The Labute approximate surface area is 281 Å². The Kier molecular flexibility index (Phi) is 6.68. The lowest BCUT2D eigenvalue weighted by atomic mass is 9.75. The number of rotatable bonds is 6. The molecule has 230 valence electrons. The van der Waals surface area contributed by atoms with E-state index in [9.17, 15) is 0 Å². The Morgan fingerprint density at radius 3 is 2.23 bits per heavy atom. The molecule has 0 saturated carbocycles. The molecule has 48 heavy (non-hydrogen) atoms. The van der Waals surface area contributed by atoms with Gasteiger partial charge in [-0.2, -0.15) is 0 Å². The zero-order valence-electron chi connectivity index (χ0n) is 27.0. The zero-order chi connectivity index (χ0) is 32.2. The lowest BCUT2D eigenvalue weighted by Crippen LogP contribution is -2.34. The van der Waals surface area contributed by atoms with Gasteiger partial charge in [0.2, 0.25) is 0 Å². The molecule has 4 heteroatoms. The quantitative estimate of drug-likeness (QED) is 0.186. The predicted octanol–water partition coefficient (Wildman–Crippen LogP) is 11.1. The van der Waals surface area contributed by atoms with Gasteiger partial charge in [-0.15, -0.1) is 0 Å². The zero-order valence-corrected chi connectivity index (χ0v) is 27.0. The van der Waals surface area contributed by atoms with Crippen molar-refractivity contribution in [1.29, 1.82) is 0 Å². The molecule has 0 radical (unpaired) electrons. The minimum Gasteiger partial charge on any atom is -0.315 e. The predicted molar refractivity (Wildman–Crippen MR) is 201 cm³/mol. The van der Waals surface area contributed by atoms with Gasteiger partial charge in [0, 0.05) is 28.3 Å². The molecule has 2 aliphatic carbocycles. The summed E-state index contributed by atoms with van der Waals surface area (Å²) in [6.45, 7) is 4.52. The van der Waals surface area contributed by atoms with Crippen LogP contribution in [0, 0.1) is 6.92 Å². The van der Waals surface area contributed by atoms with Crippen molar-refractivity contribution in [3.05, 3.63) is 174 Å². The first kappa shape index (κ1) is 28.2. The van der Waals surface area contributed by atoms with Crippen LogP contribution in [-0.4, -0.2) is 16.0 Å². The number of allylic oxidation sites excluding steroid dienone is 2. The molecule has 5 aromatic carbocycles. The van der Waals surface area contributed by atoms with Crippen molar-refractivity contribution in [1.82, 2.24) is 9.97 Å². The van der Waals surface area contributed by atoms with E-state index in [1.54, 1.807) is 0 Å². The van der Waals surface area contributed by atoms with Crippen LogP contribution in [-0.2, 0) is 6.42 Å². The molecule has 1 atom stereocenters. The maximum Gasteiger partial charge on any atom is 0.138 e. The molecule has 1 unspecified atom stereocenters. The van der Waals surface area contributed by atoms with E-state index >= 15 is 0 Å². The van der Waals surface area contributed by atoms with E-state index in [0.717, 1.165) is 46.0 Å². The van der Waals surface area contributed by atoms with Crippen LogP contribution in [0.3, 0.4) is 0 Å². The number of hydrogen-bond acceptors (Lipinski definition) is 4. The molecule has 0 aliphatic heterocycles. The molecule has 7 aromatic rings. The van der Waals surface area contributed by atoms with Gasteiger partial charge in [-0.3, -0.25) is 4.90 Å². The van der Waals surface area contributed by atoms with E-state index in [1.165, 1.54) is 44.2 Å². The molecule has 0 N–H and O–H groups in total. The second kappa shape index (κ2) is 11.4. The van der Waals surface area contributed by atoms with E-state index in [-0.39, 0.29) is 6.04 Å². The second-order valence-electron chi connectivity index (χ2n) is 12.7. The summed E-state index contributed by atoms with van der Waals surface area (Å²) < 4.78 is 0. The van der Waals surface area contributed by atoms with E-state index < -0.39 is 0 Å². The summed E-state index contributed by atoms with van der Waals surface area (Å²) in [5, 5.41) is 3.71. The van der Waals surface area contributed by atoms with Crippen LogP contribution in [0.15, 0.2) is 152 Å². The van der Waals surface area contributed by atoms with E-state index in [4.69, 9.17) is 9.97 Å². The van der Waals surface area contributed by atoms with Crippen LogP contribution in [0.25, 0.3) is 32.8 Å². The number of aromatic nitrogens is 2. The molecule has 0 fully saturated rings. The highest BCUT2D eigenvalue weighted by Gasteiger charge is 2.34. The van der Waals surface area contributed by atoms with Gasteiger partial charge in [-0.25, -0.2) is 9.97 Å². The fourth-order valence-electron chi connectivity index (χ4n) is 7.66. The average Bonchev–Trinajstić information content (AvgIpc) is 3.14. The molecule has 0 saturated heterocycles. The lowest BCUT2D eigenvalue weighted by molar-refractivity contribution is 0.921. The van der Waals surface area contributed by atoms with Crippen molar-refractivity contribution >= 4 is 61.5 Å². The molecule has 2 aliphatic rings.